The average molecular weight is 242 g/mol. The first kappa shape index (κ1) is 11.1. The van der Waals surface area contributed by atoms with Crippen LogP contribution in [0, 0.1) is 0 Å². The number of rotatable bonds is 4. The van der Waals surface area contributed by atoms with Crippen LogP contribution in [0.2, 0.25) is 5.28 Å². The number of aliphatic hydroxyl groups excluding tert-OH is 1. The van der Waals surface area contributed by atoms with Crippen molar-refractivity contribution in [1.29, 1.82) is 0 Å². The van der Waals surface area contributed by atoms with Gasteiger partial charge in [-0.15, -0.1) is 0 Å². The van der Waals surface area contributed by atoms with Crippen LogP contribution >= 0.6 is 11.6 Å². The molecule has 0 fully saturated rings. The molecule has 0 aromatic carbocycles. The smallest absolute Gasteiger partial charge is 0.226 e. The first-order valence-electron chi connectivity index (χ1n) is 4.95. The molecule has 86 valence electrons. The summed E-state index contributed by atoms with van der Waals surface area (Å²) in [5.41, 5.74) is 1.24. The summed E-state index contributed by atoms with van der Waals surface area (Å²) in [5, 5.41) is 12.4. The van der Waals surface area contributed by atoms with Gasteiger partial charge in [0.1, 0.15) is 5.52 Å². The van der Waals surface area contributed by atoms with Gasteiger partial charge in [-0.2, -0.15) is 9.97 Å². The maximum Gasteiger partial charge on any atom is 0.226 e. The summed E-state index contributed by atoms with van der Waals surface area (Å²) in [6.07, 6.45) is 1.83. The van der Waals surface area contributed by atoms with Crippen LogP contribution in [0.25, 0.3) is 11.2 Å². The van der Waals surface area contributed by atoms with Crippen molar-refractivity contribution in [3.05, 3.63) is 11.6 Å². The molecule has 2 aromatic heterocycles. The molecule has 0 aliphatic carbocycles. The van der Waals surface area contributed by atoms with Crippen molar-refractivity contribution in [3.8, 4) is 0 Å². The van der Waals surface area contributed by atoms with Crippen molar-refractivity contribution in [3.63, 3.8) is 0 Å². The van der Waals surface area contributed by atoms with E-state index in [1.807, 2.05) is 0 Å². The minimum Gasteiger partial charge on any atom is -0.393 e. The lowest BCUT2D eigenvalue weighted by atomic mass is 10.3. The summed E-state index contributed by atoms with van der Waals surface area (Å²) in [5.74, 6) is 0.605. The number of halogens is 1. The molecule has 0 bridgehead atoms. The first-order valence-corrected chi connectivity index (χ1v) is 5.33. The number of anilines is 1. The van der Waals surface area contributed by atoms with Gasteiger partial charge in [0.2, 0.25) is 5.28 Å². The lowest BCUT2D eigenvalue weighted by molar-refractivity contribution is 0.188. The Labute approximate surface area is 97.1 Å². The van der Waals surface area contributed by atoms with Crippen LogP contribution in [0.5, 0.6) is 0 Å². The molecule has 2 heterocycles. The number of aromatic nitrogens is 4. The van der Waals surface area contributed by atoms with Gasteiger partial charge in [0.25, 0.3) is 0 Å². The van der Waals surface area contributed by atoms with Gasteiger partial charge >= 0.3 is 0 Å². The highest BCUT2D eigenvalue weighted by Gasteiger charge is 2.08. The number of fused-ring (bicyclic) bond motifs is 1. The summed E-state index contributed by atoms with van der Waals surface area (Å²) in [6, 6.07) is 0. The topological polar surface area (TPSA) is 86.7 Å². The molecule has 0 saturated carbocycles. The molecule has 0 aliphatic heterocycles. The molecule has 7 heteroatoms. The Morgan fingerprint density at radius 3 is 3.12 bits per heavy atom. The van der Waals surface area contributed by atoms with E-state index in [9.17, 15) is 0 Å². The van der Waals surface area contributed by atoms with Crippen LogP contribution in [0.1, 0.15) is 13.3 Å². The predicted molar refractivity (Wildman–Crippen MR) is 61.5 cm³/mol. The molecule has 0 aliphatic rings. The molecule has 1 unspecified atom stereocenters. The van der Waals surface area contributed by atoms with E-state index in [0.29, 0.717) is 24.4 Å². The van der Waals surface area contributed by atoms with Crippen molar-refractivity contribution in [1.82, 2.24) is 19.9 Å². The molecule has 1 atom stereocenters. The minimum absolute atomic E-state index is 0.152. The van der Waals surface area contributed by atoms with Gasteiger partial charge < -0.3 is 15.4 Å². The molecule has 6 nitrogen and oxygen atoms in total. The fraction of sp³-hybridized carbons (Fsp3) is 0.444. The van der Waals surface area contributed by atoms with Crippen LogP contribution in [0.3, 0.4) is 0 Å². The van der Waals surface area contributed by atoms with Gasteiger partial charge in [0.05, 0.1) is 12.4 Å². The van der Waals surface area contributed by atoms with Gasteiger partial charge in [-0.25, -0.2) is 4.98 Å². The molecule has 0 amide bonds. The Balaban J connectivity index is 2.19. The van der Waals surface area contributed by atoms with E-state index >= 15 is 0 Å². The van der Waals surface area contributed by atoms with E-state index < -0.39 is 0 Å². The lowest BCUT2D eigenvalue weighted by Gasteiger charge is -2.07. The quantitative estimate of drug-likeness (QED) is 0.700. The minimum atomic E-state index is -0.345. The number of H-pyrrole nitrogens is 1. The second kappa shape index (κ2) is 4.63. The molecule has 2 aromatic rings. The predicted octanol–water partition coefficient (Wildman–Crippen LogP) is 1.19. The number of imidazole rings is 1. The van der Waals surface area contributed by atoms with Crippen LogP contribution in [0.15, 0.2) is 6.33 Å². The van der Waals surface area contributed by atoms with Gasteiger partial charge in [0.15, 0.2) is 11.5 Å². The molecule has 0 spiro atoms. The molecular weight excluding hydrogens is 230 g/mol. The highest BCUT2D eigenvalue weighted by molar-refractivity contribution is 6.28. The van der Waals surface area contributed by atoms with Crippen molar-refractivity contribution in [2.75, 3.05) is 11.9 Å². The molecular formula is C9H12ClN5O. The molecule has 0 radical (unpaired) electrons. The number of hydrogen-bond donors (Lipinski definition) is 3. The third-order valence-electron chi connectivity index (χ3n) is 2.11. The van der Waals surface area contributed by atoms with Crippen molar-refractivity contribution < 1.29 is 5.11 Å². The Hall–Kier alpha value is -1.40. The molecule has 16 heavy (non-hydrogen) atoms. The zero-order chi connectivity index (χ0) is 11.5. The summed E-state index contributed by atoms with van der Waals surface area (Å²) < 4.78 is 0. The van der Waals surface area contributed by atoms with Gasteiger partial charge in [-0.05, 0) is 24.9 Å². The maximum absolute atomic E-state index is 9.14. The Morgan fingerprint density at radius 2 is 2.38 bits per heavy atom. The summed E-state index contributed by atoms with van der Waals surface area (Å²) in [4.78, 5) is 15.0. The number of aromatic amines is 1. The normalized spacial score (nSPS) is 12.9. The van der Waals surface area contributed by atoms with E-state index in [-0.39, 0.29) is 11.4 Å². The van der Waals surface area contributed by atoms with Crippen molar-refractivity contribution in [2.24, 2.45) is 0 Å². The fourth-order valence-corrected chi connectivity index (χ4v) is 1.50. The Bertz CT molecular complexity index is 484. The number of hydrogen-bond acceptors (Lipinski definition) is 5. The largest absolute Gasteiger partial charge is 0.393 e. The summed E-state index contributed by atoms with van der Waals surface area (Å²) in [6.45, 7) is 2.35. The van der Waals surface area contributed by atoms with E-state index in [0.717, 1.165) is 5.52 Å². The molecule has 0 saturated heterocycles. The van der Waals surface area contributed by atoms with Crippen LogP contribution in [-0.4, -0.2) is 37.7 Å². The van der Waals surface area contributed by atoms with Crippen LogP contribution in [-0.2, 0) is 0 Å². The van der Waals surface area contributed by atoms with E-state index in [1.165, 1.54) is 6.33 Å². The Kier molecular flexibility index (Phi) is 3.21. The first-order chi connectivity index (χ1) is 7.66. The second-order valence-electron chi connectivity index (χ2n) is 3.51. The number of nitrogens with one attached hydrogen (secondary N) is 2. The third-order valence-corrected chi connectivity index (χ3v) is 2.28. The van der Waals surface area contributed by atoms with E-state index in [4.69, 9.17) is 16.7 Å². The summed E-state index contributed by atoms with van der Waals surface area (Å²) >= 11 is 5.76. The SMILES string of the molecule is CC(O)CCNc1nc(Cl)nc2nc[nH]c12. The van der Waals surface area contributed by atoms with Crippen molar-refractivity contribution in [2.45, 2.75) is 19.4 Å². The number of aliphatic hydroxyl groups is 1. The summed E-state index contributed by atoms with van der Waals surface area (Å²) in [7, 11) is 0. The van der Waals surface area contributed by atoms with Gasteiger partial charge in [-0.3, -0.25) is 0 Å². The average Bonchev–Trinajstić information content (AvgIpc) is 2.64. The fourth-order valence-electron chi connectivity index (χ4n) is 1.33. The van der Waals surface area contributed by atoms with Crippen molar-refractivity contribution >= 4 is 28.6 Å². The molecule has 2 rings (SSSR count). The Morgan fingerprint density at radius 1 is 1.56 bits per heavy atom. The molecule has 3 N–H and O–H groups in total. The zero-order valence-corrected chi connectivity index (χ0v) is 9.49. The van der Waals surface area contributed by atoms with Gasteiger partial charge in [0, 0.05) is 6.54 Å². The van der Waals surface area contributed by atoms with E-state index in [1.54, 1.807) is 6.92 Å². The second-order valence-corrected chi connectivity index (χ2v) is 3.84. The van der Waals surface area contributed by atoms with Gasteiger partial charge in [-0.1, -0.05) is 0 Å². The highest BCUT2D eigenvalue weighted by Crippen LogP contribution is 2.18. The maximum atomic E-state index is 9.14. The standard InChI is InChI=1S/C9H12ClN5O/c1-5(16)2-3-11-7-6-8(13-4-12-6)15-9(10)14-7/h4-5,16H,2-3H2,1H3,(H2,11,12,13,14,15). The lowest BCUT2D eigenvalue weighted by Crippen LogP contribution is -2.11. The monoisotopic (exact) mass is 241 g/mol. The third kappa shape index (κ3) is 2.40. The van der Waals surface area contributed by atoms with Crippen LogP contribution in [0.4, 0.5) is 5.82 Å². The zero-order valence-electron chi connectivity index (χ0n) is 8.74. The highest BCUT2D eigenvalue weighted by atomic mass is 35.5. The number of nitrogens with zero attached hydrogens (tertiary/aromatic N) is 3. The van der Waals surface area contributed by atoms with E-state index in [2.05, 4.69) is 25.3 Å². The van der Waals surface area contributed by atoms with Crippen LogP contribution < -0.4 is 5.32 Å².